The number of amides is 1. The molecule has 0 saturated heterocycles. The number of aromatic nitrogens is 2. The number of nitriles is 1. The number of anilines is 1. The predicted octanol–water partition coefficient (Wildman–Crippen LogP) is 2.71. The molecule has 1 aromatic heterocycles. The second-order valence-electron chi connectivity index (χ2n) is 6.76. The average molecular weight is 405 g/mol. The first-order valence-electron chi connectivity index (χ1n) is 9.33. The molecule has 0 atom stereocenters. The molecule has 3 aromatic rings. The van der Waals surface area contributed by atoms with Gasteiger partial charge in [0.15, 0.2) is 0 Å². The molecule has 0 aliphatic carbocycles. The van der Waals surface area contributed by atoms with Crippen LogP contribution in [0.4, 0.5) is 10.2 Å². The first kappa shape index (κ1) is 20.7. The van der Waals surface area contributed by atoms with E-state index in [9.17, 15) is 19.2 Å². The van der Waals surface area contributed by atoms with Gasteiger partial charge in [-0.25, -0.2) is 9.07 Å². The molecule has 1 amide bonds. The van der Waals surface area contributed by atoms with Crippen LogP contribution in [-0.2, 0) is 11.2 Å². The molecule has 8 heteroatoms. The van der Waals surface area contributed by atoms with Crippen LogP contribution in [0.3, 0.4) is 0 Å². The maximum absolute atomic E-state index is 13.1. The molecule has 0 spiro atoms. The van der Waals surface area contributed by atoms with Crippen LogP contribution in [0.2, 0.25) is 0 Å². The Morgan fingerprint density at radius 1 is 1.17 bits per heavy atom. The van der Waals surface area contributed by atoms with Crippen molar-refractivity contribution in [2.75, 3.05) is 12.3 Å². The van der Waals surface area contributed by atoms with Crippen molar-refractivity contribution in [2.24, 2.45) is 0 Å². The monoisotopic (exact) mass is 405 g/mol. The molecule has 0 bridgehead atoms. The highest BCUT2D eigenvalue weighted by Gasteiger charge is 2.18. The number of carbonyl (C=O) groups is 2. The lowest BCUT2D eigenvalue weighted by molar-refractivity contribution is -0.117. The van der Waals surface area contributed by atoms with E-state index in [1.54, 1.807) is 24.3 Å². The molecule has 152 valence electrons. The van der Waals surface area contributed by atoms with Gasteiger partial charge in [-0.1, -0.05) is 29.8 Å². The zero-order chi connectivity index (χ0) is 21.7. The van der Waals surface area contributed by atoms with Gasteiger partial charge in [0.2, 0.25) is 5.78 Å². The Labute approximate surface area is 172 Å². The maximum atomic E-state index is 13.1. The number of halogens is 1. The molecule has 0 unspecified atom stereocenters. The Morgan fingerprint density at radius 3 is 2.47 bits per heavy atom. The molecule has 2 aromatic carbocycles. The molecular weight excluding hydrogens is 385 g/mol. The number of carbonyl (C=O) groups excluding carboxylic acids is 2. The summed E-state index contributed by atoms with van der Waals surface area (Å²) in [6.07, 6.45) is 0.835. The number of Topliss-reactive ketones (excluding diaryl/α,β-unsaturated/α-hetero) is 1. The lowest BCUT2D eigenvalue weighted by atomic mass is 10.1. The fourth-order valence-electron chi connectivity index (χ4n) is 2.93. The van der Waals surface area contributed by atoms with E-state index in [1.807, 2.05) is 13.0 Å². The second-order valence-corrected chi connectivity index (χ2v) is 6.76. The number of nitrogens with one attached hydrogen (secondary N) is 1. The number of hydrogen-bond acceptors (Lipinski definition) is 5. The normalized spacial score (nSPS) is 10.4. The third-order valence-corrected chi connectivity index (χ3v) is 4.57. The van der Waals surface area contributed by atoms with Gasteiger partial charge in [0, 0.05) is 12.1 Å². The van der Waals surface area contributed by atoms with Crippen molar-refractivity contribution < 1.29 is 14.0 Å². The highest BCUT2D eigenvalue weighted by molar-refractivity contribution is 6.42. The summed E-state index contributed by atoms with van der Waals surface area (Å²) >= 11 is 0. The van der Waals surface area contributed by atoms with Gasteiger partial charge in [-0.3, -0.25) is 9.59 Å². The van der Waals surface area contributed by atoms with Crippen LogP contribution in [0, 0.1) is 24.1 Å². The van der Waals surface area contributed by atoms with Crippen LogP contribution in [-0.4, -0.2) is 28.0 Å². The van der Waals surface area contributed by atoms with Crippen molar-refractivity contribution in [1.82, 2.24) is 15.1 Å². The molecule has 0 radical (unpaired) electrons. The minimum Gasteiger partial charge on any atom is -0.382 e. The third kappa shape index (κ3) is 4.52. The van der Waals surface area contributed by atoms with Crippen molar-refractivity contribution in [3.05, 3.63) is 76.7 Å². The molecule has 0 fully saturated rings. The standard InChI is InChI=1S/C22H20FN5O2/c1-14-4-6-15(7-5-14)20(29)22(30)26-12-2-3-19-18(13-24)21(25)28(27-19)17-10-8-16(23)9-11-17/h4-11H,2-3,12,25H2,1H3,(H,26,30). The maximum Gasteiger partial charge on any atom is 0.292 e. The van der Waals surface area contributed by atoms with Crippen LogP contribution in [0.1, 0.15) is 33.6 Å². The number of benzene rings is 2. The predicted molar refractivity (Wildman–Crippen MR) is 109 cm³/mol. The number of nitrogens with two attached hydrogens (primary N) is 1. The Morgan fingerprint density at radius 2 is 1.83 bits per heavy atom. The van der Waals surface area contributed by atoms with Gasteiger partial charge in [0.1, 0.15) is 23.3 Å². The Bertz CT molecular complexity index is 1110. The van der Waals surface area contributed by atoms with Crippen molar-refractivity contribution in [1.29, 1.82) is 5.26 Å². The van der Waals surface area contributed by atoms with Crippen LogP contribution < -0.4 is 11.1 Å². The molecule has 0 aliphatic rings. The Balaban J connectivity index is 1.61. The van der Waals surface area contributed by atoms with Gasteiger partial charge in [-0.2, -0.15) is 10.4 Å². The van der Waals surface area contributed by atoms with Crippen molar-refractivity contribution >= 4 is 17.5 Å². The molecule has 3 N–H and O–H groups in total. The van der Waals surface area contributed by atoms with Gasteiger partial charge in [-0.05, 0) is 44.0 Å². The van der Waals surface area contributed by atoms with Gasteiger partial charge in [0.05, 0.1) is 11.4 Å². The van der Waals surface area contributed by atoms with E-state index in [0.717, 1.165) is 5.56 Å². The SMILES string of the molecule is Cc1ccc(C(=O)C(=O)NCCCc2nn(-c3ccc(F)cc3)c(N)c2C#N)cc1. The minimum absolute atomic E-state index is 0.165. The molecule has 0 saturated carbocycles. The molecular formula is C22H20FN5O2. The summed E-state index contributed by atoms with van der Waals surface area (Å²) in [5.74, 6) is -1.51. The fourth-order valence-corrected chi connectivity index (χ4v) is 2.93. The summed E-state index contributed by atoms with van der Waals surface area (Å²) in [4.78, 5) is 24.2. The van der Waals surface area contributed by atoms with Crippen LogP contribution in [0.25, 0.3) is 5.69 Å². The summed E-state index contributed by atoms with van der Waals surface area (Å²) in [6.45, 7) is 2.14. The van der Waals surface area contributed by atoms with E-state index in [-0.39, 0.29) is 23.7 Å². The van der Waals surface area contributed by atoms with Crippen LogP contribution in [0.5, 0.6) is 0 Å². The molecule has 7 nitrogen and oxygen atoms in total. The number of aryl methyl sites for hydroxylation is 2. The van der Waals surface area contributed by atoms with Crippen molar-refractivity contribution in [3.63, 3.8) is 0 Å². The quantitative estimate of drug-likeness (QED) is 0.356. The highest BCUT2D eigenvalue weighted by atomic mass is 19.1. The number of rotatable bonds is 7. The van der Waals surface area contributed by atoms with Crippen molar-refractivity contribution in [3.8, 4) is 11.8 Å². The highest BCUT2D eigenvalue weighted by Crippen LogP contribution is 2.21. The summed E-state index contributed by atoms with van der Waals surface area (Å²) in [6, 6.07) is 14.4. The number of ketones is 1. The average Bonchev–Trinajstić information content (AvgIpc) is 3.06. The molecule has 0 aliphatic heterocycles. The zero-order valence-corrected chi connectivity index (χ0v) is 16.4. The van der Waals surface area contributed by atoms with E-state index in [2.05, 4.69) is 10.4 Å². The minimum atomic E-state index is -0.685. The number of hydrogen-bond donors (Lipinski definition) is 2. The van der Waals surface area contributed by atoms with Gasteiger partial charge in [-0.15, -0.1) is 0 Å². The first-order chi connectivity index (χ1) is 14.4. The van der Waals surface area contributed by atoms with E-state index < -0.39 is 11.7 Å². The fraction of sp³-hybridized carbons (Fsp3) is 0.182. The van der Waals surface area contributed by atoms with Crippen LogP contribution in [0.15, 0.2) is 48.5 Å². The lowest BCUT2D eigenvalue weighted by Crippen LogP contribution is -2.32. The summed E-state index contributed by atoms with van der Waals surface area (Å²) in [7, 11) is 0. The lowest BCUT2D eigenvalue weighted by Gasteiger charge is -2.04. The Kier molecular flexibility index (Phi) is 6.23. The Hall–Kier alpha value is -3.99. The summed E-state index contributed by atoms with van der Waals surface area (Å²) in [5.41, 5.74) is 8.59. The number of nitrogens with zero attached hydrogens (tertiary/aromatic N) is 3. The summed E-state index contributed by atoms with van der Waals surface area (Å²) < 4.78 is 14.5. The molecule has 30 heavy (non-hydrogen) atoms. The topological polar surface area (TPSA) is 114 Å². The van der Waals surface area contributed by atoms with Gasteiger partial charge < -0.3 is 11.1 Å². The van der Waals surface area contributed by atoms with E-state index >= 15 is 0 Å². The van der Waals surface area contributed by atoms with Crippen LogP contribution >= 0.6 is 0 Å². The van der Waals surface area contributed by atoms with E-state index in [1.165, 1.54) is 28.9 Å². The third-order valence-electron chi connectivity index (χ3n) is 4.57. The summed E-state index contributed by atoms with van der Waals surface area (Å²) in [5, 5.41) is 16.3. The largest absolute Gasteiger partial charge is 0.382 e. The van der Waals surface area contributed by atoms with E-state index in [4.69, 9.17) is 5.73 Å². The van der Waals surface area contributed by atoms with Crippen molar-refractivity contribution in [2.45, 2.75) is 19.8 Å². The zero-order valence-electron chi connectivity index (χ0n) is 16.4. The first-order valence-corrected chi connectivity index (χ1v) is 9.33. The smallest absolute Gasteiger partial charge is 0.292 e. The van der Waals surface area contributed by atoms with Gasteiger partial charge in [0.25, 0.3) is 5.91 Å². The van der Waals surface area contributed by atoms with Gasteiger partial charge >= 0.3 is 0 Å². The molecule has 3 rings (SSSR count). The number of nitrogen functional groups attached to an aromatic ring is 1. The molecule has 1 heterocycles. The van der Waals surface area contributed by atoms with E-state index in [0.29, 0.717) is 29.8 Å². The second kappa shape index (κ2) is 9.01.